The molecular formula is C15H12F3NO4S. The number of carbonyl (C=O) groups is 1. The third kappa shape index (κ3) is 3.08. The lowest BCUT2D eigenvalue weighted by atomic mass is 9.97. The molecule has 5 nitrogen and oxygen atoms in total. The van der Waals surface area contributed by atoms with Crippen LogP contribution in [0.25, 0.3) is 0 Å². The number of aromatic nitrogens is 1. The van der Waals surface area contributed by atoms with Gasteiger partial charge in [0.2, 0.25) is 0 Å². The zero-order valence-corrected chi connectivity index (χ0v) is 13.2. The van der Waals surface area contributed by atoms with Gasteiger partial charge in [0.15, 0.2) is 21.4 Å². The van der Waals surface area contributed by atoms with Gasteiger partial charge in [-0.3, -0.25) is 4.79 Å². The number of hydrogen-bond donors (Lipinski definition) is 0. The van der Waals surface area contributed by atoms with E-state index < -0.39 is 37.8 Å². The first kappa shape index (κ1) is 16.7. The molecule has 0 aliphatic heterocycles. The van der Waals surface area contributed by atoms with Gasteiger partial charge in [0, 0.05) is 17.7 Å². The van der Waals surface area contributed by atoms with Crippen LogP contribution in [0.3, 0.4) is 0 Å². The number of nitrogens with zero attached hydrogens (tertiary/aromatic N) is 1. The Morgan fingerprint density at radius 2 is 1.92 bits per heavy atom. The average Bonchev–Trinajstić information content (AvgIpc) is 3.21. The van der Waals surface area contributed by atoms with E-state index in [0.717, 1.165) is 37.4 Å². The fraction of sp³-hybridized carbons (Fsp3) is 0.333. The SMILES string of the molecule is CS(=O)(=O)c1ccc(C(=O)c2cnoc2C2CC2)c(C(F)(F)F)c1. The van der Waals surface area contributed by atoms with Gasteiger partial charge in [-0.25, -0.2) is 8.42 Å². The number of hydrogen-bond acceptors (Lipinski definition) is 5. The van der Waals surface area contributed by atoms with Crippen molar-refractivity contribution in [3.8, 4) is 0 Å². The molecule has 24 heavy (non-hydrogen) atoms. The van der Waals surface area contributed by atoms with E-state index in [9.17, 15) is 26.4 Å². The van der Waals surface area contributed by atoms with Crippen molar-refractivity contribution in [3.63, 3.8) is 0 Å². The van der Waals surface area contributed by atoms with Crippen molar-refractivity contribution in [2.24, 2.45) is 0 Å². The topological polar surface area (TPSA) is 77.2 Å². The van der Waals surface area contributed by atoms with Gasteiger partial charge in [0.1, 0.15) is 0 Å². The molecule has 0 saturated heterocycles. The third-order valence-corrected chi connectivity index (χ3v) is 4.87. The van der Waals surface area contributed by atoms with Crippen molar-refractivity contribution in [1.82, 2.24) is 5.16 Å². The highest BCUT2D eigenvalue weighted by Gasteiger charge is 2.38. The van der Waals surface area contributed by atoms with Gasteiger partial charge in [-0.2, -0.15) is 13.2 Å². The van der Waals surface area contributed by atoms with Gasteiger partial charge in [-0.15, -0.1) is 0 Å². The molecule has 0 spiro atoms. The van der Waals surface area contributed by atoms with E-state index in [0.29, 0.717) is 6.07 Å². The lowest BCUT2D eigenvalue weighted by Gasteiger charge is -2.13. The minimum Gasteiger partial charge on any atom is -0.360 e. The summed E-state index contributed by atoms with van der Waals surface area (Å²) in [4.78, 5) is 12.0. The molecule has 0 N–H and O–H groups in total. The van der Waals surface area contributed by atoms with Crippen LogP contribution in [0.5, 0.6) is 0 Å². The summed E-state index contributed by atoms with van der Waals surface area (Å²) in [7, 11) is -3.84. The van der Waals surface area contributed by atoms with Crippen LogP contribution in [-0.4, -0.2) is 25.6 Å². The number of carbonyl (C=O) groups excluding carboxylic acids is 1. The van der Waals surface area contributed by atoms with E-state index in [1.807, 2.05) is 0 Å². The Hall–Kier alpha value is -2.16. The van der Waals surface area contributed by atoms with Crippen LogP contribution in [0, 0.1) is 0 Å². The maximum atomic E-state index is 13.3. The summed E-state index contributed by atoms with van der Waals surface area (Å²) in [5, 5.41) is 3.51. The number of ketones is 1. The van der Waals surface area contributed by atoms with Crippen molar-refractivity contribution >= 4 is 15.6 Å². The second-order valence-corrected chi connectivity index (χ2v) is 7.70. The summed E-state index contributed by atoms with van der Waals surface area (Å²) in [5.74, 6) is -0.609. The first-order valence-electron chi connectivity index (χ1n) is 6.99. The van der Waals surface area contributed by atoms with Crippen LogP contribution in [-0.2, 0) is 16.0 Å². The second kappa shape index (κ2) is 5.44. The summed E-state index contributed by atoms with van der Waals surface area (Å²) in [5.41, 5.74) is -1.94. The molecule has 1 fully saturated rings. The average molecular weight is 359 g/mol. The largest absolute Gasteiger partial charge is 0.417 e. The van der Waals surface area contributed by atoms with Crippen LogP contribution in [0.1, 0.15) is 46.0 Å². The van der Waals surface area contributed by atoms with Crippen molar-refractivity contribution in [3.05, 3.63) is 46.8 Å². The van der Waals surface area contributed by atoms with Crippen molar-refractivity contribution in [1.29, 1.82) is 0 Å². The highest BCUT2D eigenvalue weighted by molar-refractivity contribution is 7.90. The summed E-state index contributed by atoms with van der Waals surface area (Å²) in [6.45, 7) is 0. The molecular weight excluding hydrogens is 347 g/mol. The van der Waals surface area contributed by atoms with Crippen molar-refractivity contribution in [2.75, 3.05) is 6.26 Å². The Balaban J connectivity index is 2.13. The predicted molar refractivity (Wildman–Crippen MR) is 76.5 cm³/mol. The molecule has 1 saturated carbocycles. The molecule has 0 atom stereocenters. The van der Waals surface area contributed by atoms with Gasteiger partial charge < -0.3 is 4.52 Å². The van der Waals surface area contributed by atoms with Crippen LogP contribution in [0.2, 0.25) is 0 Å². The van der Waals surface area contributed by atoms with Gasteiger partial charge >= 0.3 is 6.18 Å². The maximum absolute atomic E-state index is 13.3. The van der Waals surface area contributed by atoms with Gasteiger partial charge in [-0.05, 0) is 31.0 Å². The van der Waals surface area contributed by atoms with Crippen LogP contribution >= 0.6 is 0 Å². The lowest BCUT2D eigenvalue weighted by molar-refractivity contribution is -0.138. The first-order chi connectivity index (χ1) is 11.1. The highest BCUT2D eigenvalue weighted by Crippen LogP contribution is 2.42. The molecule has 0 amide bonds. The Morgan fingerprint density at radius 3 is 2.46 bits per heavy atom. The van der Waals surface area contributed by atoms with Gasteiger partial charge in [0.25, 0.3) is 0 Å². The molecule has 3 rings (SSSR count). The fourth-order valence-electron chi connectivity index (χ4n) is 2.39. The van der Waals surface area contributed by atoms with Crippen molar-refractivity contribution < 1.29 is 30.9 Å². The molecule has 1 aromatic heterocycles. The van der Waals surface area contributed by atoms with Crippen LogP contribution in [0.15, 0.2) is 33.8 Å². The summed E-state index contributed by atoms with van der Waals surface area (Å²) in [6, 6.07) is 2.35. The Labute approximate surface area is 135 Å². The zero-order valence-electron chi connectivity index (χ0n) is 12.4. The minimum absolute atomic E-state index is 0.00363. The summed E-state index contributed by atoms with van der Waals surface area (Å²) >= 11 is 0. The number of alkyl halides is 3. The molecule has 0 bridgehead atoms. The van der Waals surface area contributed by atoms with E-state index in [2.05, 4.69) is 5.16 Å². The molecule has 1 heterocycles. The Bertz CT molecular complexity index is 911. The van der Waals surface area contributed by atoms with E-state index in [-0.39, 0.29) is 17.2 Å². The number of benzene rings is 1. The van der Waals surface area contributed by atoms with E-state index >= 15 is 0 Å². The normalized spacial score (nSPS) is 15.5. The van der Waals surface area contributed by atoms with Gasteiger partial charge in [-0.1, -0.05) is 5.16 Å². The summed E-state index contributed by atoms with van der Waals surface area (Å²) in [6.07, 6.45) is -1.40. The summed E-state index contributed by atoms with van der Waals surface area (Å²) < 4.78 is 67.9. The highest BCUT2D eigenvalue weighted by atomic mass is 32.2. The van der Waals surface area contributed by atoms with Gasteiger partial charge in [0.05, 0.1) is 22.2 Å². The molecule has 9 heteroatoms. The monoisotopic (exact) mass is 359 g/mol. The lowest BCUT2D eigenvalue weighted by Crippen LogP contribution is -2.15. The molecule has 1 aliphatic carbocycles. The molecule has 1 aromatic carbocycles. The Morgan fingerprint density at radius 1 is 1.25 bits per heavy atom. The molecule has 2 aromatic rings. The first-order valence-corrected chi connectivity index (χ1v) is 8.88. The molecule has 1 aliphatic rings. The third-order valence-electron chi connectivity index (χ3n) is 3.76. The van der Waals surface area contributed by atoms with E-state index in [1.165, 1.54) is 0 Å². The molecule has 0 unspecified atom stereocenters. The van der Waals surface area contributed by atoms with Crippen LogP contribution in [0.4, 0.5) is 13.2 Å². The standard InChI is InChI=1S/C15H12F3NO4S/c1-24(21,22)9-4-5-10(12(6-9)15(16,17)18)13(20)11-7-19-23-14(11)8-2-3-8/h4-8H,2-3H2,1H3. The van der Waals surface area contributed by atoms with E-state index in [1.54, 1.807) is 0 Å². The smallest absolute Gasteiger partial charge is 0.360 e. The number of sulfone groups is 1. The molecule has 0 radical (unpaired) electrons. The van der Waals surface area contributed by atoms with E-state index in [4.69, 9.17) is 4.52 Å². The Kier molecular flexibility index (Phi) is 3.78. The quantitative estimate of drug-likeness (QED) is 0.784. The second-order valence-electron chi connectivity index (χ2n) is 5.68. The minimum atomic E-state index is -4.87. The fourth-order valence-corrected chi connectivity index (χ4v) is 3.04. The van der Waals surface area contributed by atoms with Crippen molar-refractivity contribution in [2.45, 2.75) is 29.8 Å². The predicted octanol–water partition coefficient (Wildman–Crippen LogP) is 3.21. The van der Waals surface area contributed by atoms with Crippen LogP contribution < -0.4 is 0 Å². The maximum Gasteiger partial charge on any atom is 0.417 e. The number of halogens is 3. The number of rotatable bonds is 4. The zero-order chi connectivity index (χ0) is 17.7. The molecule has 128 valence electrons.